The Balaban J connectivity index is 1.95. The molecule has 2 aromatic carbocycles. The van der Waals surface area contributed by atoms with Gasteiger partial charge in [-0.1, -0.05) is 42.5 Å². The summed E-state index contributed by atoms with van der Waals surface area (Å²) in [5, 5.41) is 15.0. The minimum atomic E-state index is -0.900. The second-order valence-corrected chi connectivity index (χ2v) is 4.85. The van der Waals surface area contributed by atoms with E-state index in [2.05, 4.69) is 10.6 Å². The maximum Gasteiger partial charge on any atom is 0.325 e. The summed E-state index contributed by atoms with van der Waals surface area (Å²) in [5.74, 6) is -0.900. The van der Waals surface area contributed by atoms with Crippen molar-refractivity contribution in [3.63, 3.8) is 0 Å². The third-order valence-corrected chi connectivity index (χ3v) is 3.29. The normalized spacial score (nSPS) is 11.6. The lowest BCUT2D eigenvalue weighted by molar-refractivity contribution is -0.139. The van der Waals surface area contributed by atoms with Crippen LogP contribution in [0.15, 0.2) is 54.6 Å². The average molecular weight is 298 g/mol. The van der Waals surface area contributed by atoms with Crippen molar-refractivity contribution in [2.24, 2.45) is 0 Å². The number of carbonyl (C=O) groups is 2. The predicted octanol–water partition coefficient (Wildman–Crippen LogP) is 2.21. The molecule has 0 aromatic heterocycles. The zero-order valence-electron chi connectivity index (χ0n) is 12.0. The molecule has 114 valence electrons. The van der Waals surface area contributed by atoms with Gasteiger partial charge in [0, 0.05) is 12.2 Å². The zero-order valence-corrected chi connectivity index (χ0v) is 12.0. The van der Waals surface area contributed by atoms with E-state index in [-0.39, 0.29) is 0 Å². The van der Waals surface area contributed by atoms with Crippen molar-refractivity contribution in [2.75, 3.05) is 11.9 Å². The molecule has 1 atom stereocenters. The Hall–Kier alpha value is -2.66. The summed E-state index contributed by atoms with van der Waals surface area (Å²) in [5.41, 5.74) is 2.48. The summed E-state index contributed by atoms with van der Waals surface area (Å²) in [4.78, 5) is 21.8. The van der Waals surface area contributed by atoms with E-state index >= 15 is 0 Å². The van der Waals surface area contributed by atoms with Gasteiger partial charge in [-0.05, 0) is 29.7 Å². The highest BCUT2D eigenvalue weighted by Gasteiger charge is 2.18. The molecule has 1 unspecified atom stereocenters. The number of benzene rings is 2. The second kappa shape index (κ2) is 7.95. The van der Waals surface area contributed by atoms with Crippen molar-refractivity contribution < 1.29 is 14.7 Å². The monoisotopic (exact) mass is 298 g/mol. The average Bonchev–Trinajstić information content (AvgIpc) is 2.53. The number of nitrogens with one attached hydrogen (secondary N) is 2. The SMILES string of the molecule is O=CNc1cccc(CCNC(C(=O)O)c2ccccc2)c1. The molecular weight excluding hydrogens is 280 g/mol. The van der Waals surface area contributed by atoms with Gasteiger partial charge in [0.15, 0.2) is 0 Å². The summed E-state index contributed by atoms with van der Waals surface area (Å²) in [6, 6.07) is 15.8. The molecule has 5 heteroatoms. The number of hydrogen-bond donors (Lipinski definition) is 3. The van der Waals surface area contributed by atoms with Crippen LogP contribution in [0.25, 0.3) is 0 Å². The summed E-state index contributed by atoms with van der Waals surface area (Å²) in [6.07, 6.45) is 1.30. The van der Waals surface area contributed by atoms with E-state index in [9.17, 15) is 14.7 Å². The van der Waals surface area contributed by atoms with Crippen molar-refractivity contribution in [3.8, 4) is 0 Å². The van der Waals surface area contributed by atoms with Crippen LogP contribution >= 0.6 is 0 Å². The fraction of sp³-hybridized carbons (Fsp3) is 0.176. The fourth-order valence-corrected chi connectivity index (χ4v) is 2.24. The predicted molar refractivity (Wildman–Crippen MR) is 84.7 cm³/mol. The van der Waals surface area contributed by atoms with Crippen LogP contribution < -0.4 is 10.6 Å². The third kappa shape index (κ3) is 4.43. The number of hydrogen-bond acceptors (Lipinski definition) is 3. The first-order valence-corrected chi connectivity index (χ1v) is 7.01. The molecule has 0 fully saturated rings. The lowest BCUT2D eigenvalue weighted by Crippen LogP contribution is -2.30. The number of rotatable bonds is 8. The van der Waals surface area contributed by atoms with Gasteiger partial charge in [0.05, 0.1) is 0 Å². The van der Waals surface area contributed by atoms with Gasteiger partial charge in [-0.2, -0.15) is 0 Å². The number of carbonyl (C=O) groups excluding carboxylic acids is 1. The summed E-state index contributed by atoms with van der Waals surface area (Å²) in [6.45, 7) is 0.524. The van der Waals surface area contributed by atoms with Gasteiger partial charge in [0.1, 0.15) is 6.04 Å². The Morgan fingerprint density at radius 1 is 1.14 bits per heavy atom. The molecule has 0 saturated heterocycles. The van der Waals surface area contributed by atoms with Gasteiger partial charge < -0.3 is 15.7 Å². The van der Waals surface area contributed by atoms with Gasteiger partial charge in [-0.25, -0.2) is 0 Å². The molecule has 0 heterocycles. The van der Waals surface area contributed by atoms with E-state index in [1.54, 1.807) is 18.2 Å². The Morgan fingerprint density at radius 3 is 2.59 bits per heavy atom. The first-order valence-electron chi connectivity index (χ1n) is 7.01. The Bertz CT molecular complexity index is 629. The quantitative estimate of drug-likeness (QED) is 0.653. The van der Waals surface area contributed by atoms with Crippen LogP contribution in [-0.4, -0.2) is 24.0 Å². The highest BCUT2D eigenvalue weighted by molar-refractivity contribution is 5.75. The summed E-state index contributed by atoms with van der Waals surface area (Å²) < 4.78 is 0. The molecule has 1 amide bonds. The maximum atomic E-state index is 11.4. The van der Waals surface area contributed by atoms with E-state index in [1.165, 1.54) is 0 Å². The van der Waals surface area contributed by atoms with Crippen LogP contribution in [0.3, 0.4) is 0 Å². The smallest absolute Gasteiger partial charge is 0.325 e. The molecule has 0 bridgehead atoms. The summed E-state index contributed by atoms with van der Waals surface area (Å²) >= 11 is 0. The van der Waals surface area contributed by atoms with Crippen molar-refractivity contribution in [3.05, 3.63) is 65.7 Å². The van der Waals surface area contributed by atoms with E-state index < -0.39 is 12.0 Å². The van der Waals surface area contributed by atoms with E-state index in [0.29, 0.717) is 19.4 Å². The molecule has 0 radical (unpaired) electrons. The summed E-state index contributed by atoms with van der Waals surface area (Å²) in [7, 11) is 0. The lowest BCUT2D eigenvalue weighted by Gasteiger charge is -2.15. The van der Waals surface area contributed by atoms with Crippen LogP contribution in [0.4, 0.5) is 5.69 Å². The number of amides is 1. The van der Waals surface area contributed by atoms with Crippen LogP contribution in [0.5, 0.6) is 0 Å². The van der Waals surface area contributed by atoms with Gasteiger partial charge >= 0.3 is 5.97 Å². The molecule has 2 rings (SSSR count). The van der Waals surface area contributed by atoms with Crippen molar-refractivity contribution in [2.45, 2.75) is 12.5 Å². The lowest BCUT2D eigenvalue weighted by atomic mass is 10.1. The maximum absolute atomic E-state index is 11.4. The first-order chi connectivity index (χ1) is 10.7. The molecule has 5 nitrogen and oxygen atoms in total. The minimum absolute atomic E-state index is 0.524. The van der Waals surface area contributed by atoms with Gasteiger partial charge in [0.25, 0.3) is 0 Å². The molecule has 0 spiro atoms. The Labute approximate surface area is 129 Å². The van der Waals surface area contributed by atoms with E-state index in [4.69, 9.17) is 0 Å². The standard InChI is InChI=1S/C17H18N2O3/c20-12-19-15-8-4-5-13(11-15)9-10-18-16(17(21)22)14-6-2-1-3-7-14/h1-8,11-12,16,18H,9-10H2,(H,19,20)(H,21,22). The number of anilines is 1. The van der Waals surface area contributed by atoms with Gasteiger partial charge in [-0.3, -0.25) is 9.59 Å². The fourth-order valence-electron chi connectivity index (χ4n) is 2.24. The zero-order chi connectivity index (χ0) is 15.8. The highest BCUT2D eigenvalue weighted by atomic mass is 16.4. The molecule has 0 saturated carbocycles. The van der Waals surface area contributed by atoms with Crippen LogP contribution in [0.1, 0.15) is 17.2 Å². The molecule has 2 aromatic rings. The van der Waals surface area contributed by atoms with Crippen molar-refractivity contribution in [1.29, 1.82) is 0 Å². The van der Waals surface area contributed by atoms with Crippen molar-refractivity contribution >= 4 is 18.1 Å². The van der Waals surface area contributed by atoms with E-state index in [1.807, 2.05) is 36.4 Å². The van der Waals surface area contributed by atoms with Gasteiger partial charge in [0.2, 0.25) is 6.41 Å². The number of carboxylic acids is 1. The molecule has 0 aliphatic carbocycles. The Morgan fingerprint density at radius 2 is 1.91 bits per heavy atom. The van der Waals surface area contributed by atoms with Gasteiger partial charge in [-0.15, -0.1) is 0 Å². The molecule has 0 aliphatic heterocycles. The molecule has 22 heavy (non-hydrogen) atoms. The second-order valence-electron chi connectivity index (χ2n) is 4.85. The number of carboxylic acid groups (broad SMARTS) is 1. The largest absolute Gasteiger partial charge is 0.480 e. The van der Waals surface area contributed by atoms with Crippen LogP contribution in [0, 0.1) is 0 Å². The first kappa shape index (κ1) is 15.7. The Kier molecular flexibility index (Phi) is 5.68. The minimum Gasteiger partial charge on any atom is -0.480 e. The van der Waals surface area contributed by atoms with E-state index in [0.717, 1.165) is 16.8 Å². The van der Waals surface area contributed by atoms with Crippen LogP contribution in [0.2, 0.25) is 0 Å². The van der Waals surface area contributed by atoms with Crippen molar-refractivity contribution in [1.82, 2.24) is 5.32 Å². The molecular formula is C17H18N2O3. The topological polar surface area (TPSA) is 78.4 Å². The molecule has 0 aliphatic rings. The van der Waals surface area contributed by atoms with Crippen LogP contribution in [-0.2, 0) is 16.0 Å². The highest BCUT2D eigenvalue weighted by Crippen LogP contribution is 2.14. The number of aliphatic carboxylic acids is 1. The third-order valence-electron chi connectivity index (χ3n) is 3.29. The molecule has 3 N–H and O–H groups in total.